The van der Waals surface area contributed by atoms with Crippen LogP contribution in [0.2, 0.25) is 0 Å². The predicted octanol–water partition coefficient (Wildman–Crippen LogP) is 2.08. The average Bonchev–Trinajstić information content (AvgIpc) is 2.72. The summed E-state index contributed by atoms with van der Waals surface area (Å²) in [4.78, 5) is 11.5. The number of nitrogens with two attached hydrogens (primary N) is 1. The predicted molar refractivity (Wildman–Crippen MR) is 74.8 cm³/mol. The lowest BCUT2D eigenvalue weighted by Crippen LogP contribution is -2.31. The summed E-state index contributed by atoms with van der Waals surface area (Å²) in [6.07, 6.45) is 1.14. The Hall–Kier alpha value is -1.16. The second kappa shape index (κ2) is 4.84. The fourth-order valence-corrected chi connectivity index (χ4v) is 2.38. The van der Waals surface area contributed by atoms with Crippen LogP contribution in [0.1, 0.15) is 44.6 Å². The second-order valence-corrected chi connectivity index (χ2v) is 6.07. The van der Waals surface area contributed by atoms with E-state index in [1.807, 2.05) is 6.92 Å². The molecule has 2 N–H and O–H groups in total. The Morgan fingerprint density at radius 1 is 1.44 bits per heavy atom. The van der Waals surface area contributed by atoms with Crippen molar-refractivity contribution in [3.8, 4) is 0 Å². The molecule has 0 aliphatic carbocycles. The molecule has 0 bridgehead atoms. The molecule has 4 nitrogen and oxygen atoms in total. The van der Waals surface area contributed by atoms with Crippen LogP contribution in [-0.4, -0.2) is 29.6 Å². The van der Waals surface area contributed by atoms with Gasteiger partial charge < -0.3 is 10.6 Å². The molecule has 1 atom stereocenters. The first-order valence-corrected chi connectivity index (χ1v) is 6.74. The molecule has 1 aromatic rings. The first kappa shape index (κ1) is 13.3. The van der Waals surface area contributed by atoms with Gasteiger partial charge in [0.15, 0.2) is 0 Å². The summed E-state index contributed by atoms with van der Waals surface area (Å²) in [5.74, 6) is 2.36. The van der Waals surface area contributed by atoms with Crippen LogP contribution in [0.15, 0.2) is 6.07 Å². The molecule has 1 aromatic heterocycles. The van der Waals surface area contributed by atoms with Crippen LogP contribution in [-0.2, 0) is 0 Å². The van der Waals surface area contributed by atoms with Gasteiger partial charge in [0.25, 0.3) is 0 Å². The molecule has 4 heteroatoms. The third kappa shape index (κ3) is 2.64. The van der Waals surface area contributed by atoms with E-state index in [0.717, 1.165) is 43.4 Å². The van der Waals surface area contributed by atoms with Gasteiger partial charge in [-0.1, -0.05) is 20.8 Å². The summed E-state index contributed by atoms with van der Waals surface area (Å²) < 4.78 is 0. The summed E-state index contributed by atoms with van der Waals surface area (Å²) in [5, 5.41) is 0. The topological polar surface area (TPSA) is 55.0 Å². The molecule has 0 spiro atoms. The Morgan fingerprint density at radius 3 is 2.72 bits per heavy atom. The van der Waals surface area contributed by atoms with E-state index in [9.17, 15) is 0 Å². The van der Waals surface area contributed by atoms with Crippen molar-refractivity contribution in [2.24, 2.45) is 11.1 Å². The second-order valence-electron chi connectivity index (χ2n) is 6.07. The highest BCUT2D eigenvalue weighted by atomic mass is 15.2. The Morgan fingerprint density at radius 2 is 2.17 bits per heavy atom. The number of rotatable bonds is 3. The number of hydrogen-bond donors (Lipinski definition) is 1. The van der Waals surface area contributed by atoms with Crippen molar-refractivity contribution in [1.29, 1.82) is 0 Å². The minimum atomic E-state index is 0.233. The highest BCUT2D eigenvalue weighted by Crippen LogP contribution is 2.31. The molecular formula is C14H24N4. The van der Waals surface area contributed by atoms with Crippen molar-refractivity contribution >= 4 is 5.82 Å². The summed E-state index contributed by atoms with van der Waals surface area (Å²) in [5.41, 5.74) is 7.14. The van der Waals surface area contributed by atoms with Crippen molar-refractivity contribution in [2.45, 2.75) is 40.0 Å². The van der Waals surface area contributed by atoms with Gasteiger partial charge in [0.05, 0.1) is 0 Å². The maximum Gasteiger partial charge on any atom is 0.133 e. The molecule has 1 saturated heterocycles. The summed E-state index contributed by atoms with van der Waals surface area (Å²) >= 11 is 0. The van der Waals surface area contributed by atoms with Gasteiger partial charge in [-0.3, -0.25) is 0 Å². The minimum absolute atomic E-state index is 0.233. The molecule has 100 valence electrons. The maximum absolute atomic E-state index is 5.86. The molecule has 0 saturated carbocycles. The van der Waals surface area contributed by atoms with Gasteiger partial charge in [0.2, 0.25) is 0 Å². The Kier molecular flexibility index (Phi) is 3.57. The quantitative estimate of drug-likeness (QED) is 0.890. The van der Waals surface area contributed by atoms with E-state index < -0.39 is 0 Å². The van der Waals surface area contributed by atoms with Crippen LogP contribution in [0.4, 0.5) is 5.82 Å². The number of aryl methyl sites for hydroxylation is 1. The monoisotopic (exact) mass is 248 g/mol. The van der Waals surface area contributed by atoms with Crippen LogP contribution >= 0.6 is 0 Å². The molecule has 1 fully saturated rings. The summed E-state index contributed by atoms with van der Waals surface area (Å²) in [6.45, 7) is 11.3. The van der Waals surface area contributed by atoms with E-state index in [1.54, 1.807) is 0 Å². The van der Waals surface area contributed by atoms with Crippen molar-refractivity contribution in [1.82, 2.24) is 9.97 Å². The molecular weight excluding hydrogens is 224 g/mol. The third-order valence-corrected chi connectivity index (χ3v) is 3.75. The molecule has 18 heavy (non-hydrogen) atoms. The van der Waals surface area contributed by atoms with Gasteiger partial charge in [0, 0.05) is 30.8 Å². The third-order valence-electron chi connectivity index (χ3n) is 3.75. The molecule has 0 radical (unpaired) electrons. The van der Waals surface area contributed by atoms with Crippen LogP contribution in [0, 0.1) is 12.3 Å². The zero-order chi connectivity index (χ0) is 13.3. The SMILES string of the molecule is Cc1cc(N2CCC(C)(CN)C2)nc(C(C)C)n1. The van der Waals surface area contributed by atoms with Crippen LogP contribution in [0.5, 0.6) is 0 Å². The Labute approximate surface area is 110 Å². The van der Waals surface area contributed by atoms with Gasteiger partial charge >= 0.3 is 0 Å². The van der Waals surface area contributed by atoms with Crippen LogP contribution < -0.4 is 10.6 Å². The van der Waals surface area contributed by atoms with Crippen molar-refractivity contribution < 1.29 is 0 Å². The van der Waals surface area contributed by atoms with Crippen LogP contribution in [0.3, 0.4) is 0 Å². The lowest BCUT2D eigenvalue weighted by Gasteiger charge is -2.23. The fourth-order valence-electron chi connectivity index (χ4n) is 2.38. The average molecular weight is 248 g/mol. The normalized spacial score (nSPS) is 24.0. The first-order chi connectivity index (χ1) is 8.43. The number of anilines is 1. The van der Waals surface area contributed by atoms with Crippen molar-refractivity contribution in [2.75, 3.05) is 24.5 Å². The zero-order valence-corrected chi connectivity index (χ0v) is 11.9. The minimum Gasteiger partial charge on any atom is -0.356 e. The Balaban J connectivity index is 2.24. The standard InChI is InChI=1S/C14H24N4/c1-10(2)13-16-11(3)7-12(17-13)18-6-5-14(4,8-15)9-18/h7,10H,5-6,8-9,15H2,1-4H3. The van der Waals surface area contributed by atoms with Gasteiger partial charge in [-0.05, 0) is 25.3 Å². The number of aromatic nitrogens is 2. The van der Waals surface area contributed by atoms with Gasteiger partial charge in [-0.2, -0.15) is 0 Å². The van der Waals surface area contributed by atoms with Gasteiger partial charge in [-0.15, -0.1) is 0 Å². The van der Waals surface area contributed by atoms with E-state index >= 15 is 0 Å². The molecule has 2 rings (SSSR count). The van der Waals surface area contributed by atoms with E-state index in [4.69, 9.17) is 5.73 Å². The molecule has 1 aliphatic rings. The lowest BCUT2D eigenvalue weighted by molar-refractivity contribution is 0.383. The largest absolute Gasteiger partial charge is 0.356 e. The smallest absolute Gasteiger partial charge is 0.133 e. The molecule has 2 heterocycles. The van der Waals surface area contributed by atoms with Crippen molar-refractivity contribution in [3.63, 3.8) is 0 Å². The summed E-state index contributed by atoms with van der Waals surface area (Å²) in [6, 6.07) is 2.08. The number of hydrogen-bond acceptors (Lipinski definition) is 4. The van der Waals surface area contributed by atoms with Gasteiger partial charge in [0.1, 0.15) is 11.6 Å². The van der Waals surface area contributed by atoms with E-state index in [0.29, 0.717) is 5.92 Å². The Bertz CT molecular complexity index is 430. The molecule has 1 aliphatic heterocycles. The molecule has 0 amide bonds. The maximum atomic E-state index is 5.86. The summed E-state index contributed by atoms with van der Waals surface area (Å²) in [7, 11) is 0. The van der Waals surface area contributed by atoms with Crippen molar-refractivity contribution in [3.05, 3.63) is 17.6 Å². The fraction of sp³-hybridized carbons (Fsp3) is 0.714. The molecule has 1 unspecified atom stereocenters. The first-order valence-electron chi connectivity index (χ1n) is 6.74. The molecule has 0 aromatic carbocycles. The van der Waals surface area contributed by atoms with E-state index in [2.05, 4.69) is 41.7 Å². The lowest BCUT2D eigenvalue weighted by atomic mass is 9.90. The zero-order valence-electron chi connectivity index (χ0n) is 11.9. The van der Waals surface area contributed by atoms with E-state index in [-0.39, 0.29) is 5.41 Å². The van der Waals surface area contributed by atoms with Gasteiger partial charge in [-0.25, -0.2) is 9.97 Å². The highest BCUT2D eigenvalue weighted by Gasteiger charge is 2.33. The van der Waals surface area contributed by atoms with E-state index in [1.165, 1.54) is 0 Å². The highest BCUT2D eigenvalue weighted by molar-refractivity contribution is 5.42. The van der Waals surface area contributed by atoms with Crippen LogP contribution in [0.25, 0.3) is 0 Å². The number of nitrogens with zero attached hydrogens (tertiary/aromatic N) is 3.